The minimum atomic E-state index is -4.13. The van der Waals surface area contributed by atoms with E-state index in [0.717, 1.165) is 5.56 Å². The molecule has 0 aliphatic carbocycles. The molecule has 3 aromatic rings. The Labute approximate surface area is 163 Å². The fourth-order valence-electron chi connectivity index (χ4n) is 2.59. The summed E-state index contributed by atoms with van der Waals surface area (Å²) in [5.74, 6) is -0.621. The van der Waals surface area contributed by atoms with E-state index in [0.29, 0.717) is 5.56 Å². The van der Waals surface area contributed by atoms with Gasteiger partial charge in [-0.05, 0) is 26.0 Å². The van der Waals surface area contributed by atoms with E-state index in [1.807, 2.05) is 13.0 Å². The van der Waals surface area contributed by atoms with Gasteiger partial charge >= 0.3 is 22.1 Å². The molecule has 7 nitrogen and oxygen atoms in total. The van der Waals surface area contributed by atoms with E-state index in [-0.39, 0.29) is 27.9 Å². The average Bonchev–Trinajstić information content (AvgIpc) is 2.67. The van der Waals surface area contributed by atoms with Crippen molar-refractivity contribution in [2.75, 3.05) is 7.11 Å². The molecule has 0 amide bonds. The van der Waals surface area contributed by atoms with Gasteiger partial charge in [0.15, 0.2) is 0 Å². The van der Waals surface area contributed by atoms with Gasteiger partial charge in [0.05, 0.1) is 18.5 Å². The number of methoxy groups -OCH3 is 1. The standard InChI is InChI=1S/C20H18N2O5S/c1-13-9-11-16(12-10-13)28(24,25)27-20-21-14(2)17(19(23)26-3)18(22-20)15-7-5-4-6-8-15/h4-12H,1-3H3. The maximum atomic E-state index is 12.6. The molecule has 0 aliphatic rings. The molecule has 1 heterocycles. The van der Waals surface area contributed by atoms with Gasteiger partial charge in [0.2, 0.25) is 0 Å². The fraction of sp³-hybridized carbons (Fsp3) is 0.150. The number of hydrogen-bond acceptors (Lipinski definition) is 7. The minimum Gasteiger partial charge on any atom is -0.465 e. The van der Waals surface area contributed by atoms with Crippen LogP contribution in [-0.2, 0) is 14.9 Å². The summed E-state index contributed by atoms with van der Waals surface area (Å²) in [4.78, 5) is 20.4. The number of esters is 1. The number of carbonyl (C=O) groups is 1. The molecular weight excluding hydrogens is 380 g/mol. The zero-order valence-electron chi connectivity index (χ0n) is 15.5. The molecule has 1 aromatic heterocycles. The van der Waals surface area contributed by atoms with Crippen molar-refractivity contribution < 1.29 is 22.1 Å². The minimum absolute atomic E-state index is 0.0161. The fourth-order valence-corrected chi connectivity index (χ4v) is 3.42. The first-order chi connectivity index (χ1) is 13.3. The molecule has 28 heavy (non-hydrogen) atoms. The highest BCUT2D eigenvalue weighted by atomic mass is 32.2. The maximum Gasteiger partial charge on any atom is 0.341 e. The summed E-state index contributed by atoms with van der Waals surface area (Å²) >= 11 is 0. The van der Waals surface area contributed by atoms with E-state index in [2.05, 4.69) is 9.97 Å². The second-order valence-corrected chi connectivity index (χ2v) is 7.57. The lowest BCUT2D eigenvalue weighted by molar-refractivity contribution is 0.0599. The molecule has 0 saturated carbocycles. The van der Waals surface area contributed by atoms with Crippen LogP contribution >= 0.6 is 0 Å². The SMILES string of the molecule is COC(=O)c1c(C)nc(OS(=O)(=O)c2ccc(C)cc2)nc1-c1ccccc1. The van der Waals surface area contributed by atoms with Crippen LogP contribution in [0.5, 0.6) is 6.01 Å². The van der Waals surface area contributed by atoms with Crippen molar-refractivity contribution in [2.45, 2.75) is 18.7 Å². The van der Waals surface area contributed by atoms with E-state index in [9.17, 15) is 13.2 Å². The molecule has 144 valence electrons. The monoisotopic (exact) mass is 398 g/mol. The topological polar surface area (TPSA) is 95.5 Å². The summed E-state index contributed by atoms with van der Waals surface area (Å²) < 4.78 is 35.1. The molecule has 0 saturated heterocycles. The second-order valence-electron chi connectivity index (χ2n) is 6.02. The number of ether oxygens (including phenoxy) is 1. The van der Waals surface area contributed by atoms with Crippen LogP contribution in [0.4, 0.5) is 0 Å². The molecule has 0 unspecified atom stereocenters. The highest BCUT2D eigenvalue weighted by Gasteiger charge is 2.24. The first-order valence-corrected chi connectivity index (χ1v) is 9.76. The summed E-state index contributed by atoms with van der Waals surface area (Å²) in [6, 6.07) is 14.7. The van der Waals surface area contributed by atoms with Crippen LogP contribution in [0.1, 0.15) is 21.6 Å². The number of aromatic nitrogens is 2. The molecule has 0 radical (unpaired) electrons. The van der Waals surface area contributed by atoms with E-state index in [4.69, 9.17) is 8.92 Å². The summed E-state index contributed by atoms with van der Waals surface area (Å²) in [6.45, 7) is 3.41. The Balaban J connectivity index is 2.09. The van der Waals surface area contributed by atoms with Gasteiger partial charge in [0.1, 0.15) is 10.5 Å². The molecular formula is C20H18N2O5S. The largest absolute Gasteiger partial charge is 0.465 e. The van der Waals surface area contributed by atoms with Crippen LogP contribution in [0.3, 0.4) is 0 Å². The predicted molar refractivity (Wildman–Crippen MR) is 103 cm³/mol. The van der Waals surface area contributed by atoms with Crippen molar-refractivity contribution in [2.24, 2.45) is 0 Å². The van der Waals surface area contributed by atoms with Crippen molar-refractivity contribution >= 4 is 16.1 Å². The molecule has 0 atom stereocenters. The average molecular weight is 398 g/mol. The van der Waals surface area contributed by atoms with E-state index in [1.165, 1.54) is 19.2 Å². The molecule has 0 bridgehead atoms. The van der Waals surface area contributed by atoms with Crippen LogP contribution in [0.2, 0.25) is 0 Å². The van der Waals surface area contributed by atoms with Gasteiger partial charge < -0.3 is 8.92 Å². The normalized spacial score (nSPS) is 11.1. The summed E-state index contributed by atoms with van der Waals surface area (Å²) in [5.41, 5.74) is 2.14. The van der Waals surface area contributed by atoms with Gasteiger partial charge in [0, 0.05) is 5.56 Å². The zero-order valence-corrected chi connectivity index (χ0v) is 16.4. The number of rotatable bonds is 5. The lowest BCUT2D eigenvalue weighted by Gasteiger charge is -2.12. The van der Waals surface area contributed by atoms with Crippen molar-refractivity contribution in [1.82, 2.24) is 9.97 Å². The van der Waals surface area contributed by atoms with Crippen molar-refractivity contribution in [3.8, 4) is 17.3 Å². The quantitative estimate of drug-likeness (QED) is 0.480. The molecule has 2 aromatic carbocycles. The van der Waals surface area contributed by atoms with Gasteiger partial charge in [-0.25, -0.2) is 4.79 Å². The lowest BCUT2D eigenvalue weighted by atomic mass is 10.0. The van der Waals surface area contributed by atoms with Crippen LogP contribution in [0, 0.1) is 13.8 Å². The van der Waals surface area contributed by atoms with Crippen molar-refractivity contribution in [3.05, 3.63) is 71.4 Å². The number of nitrogens with zero attached hydrogens (tertiary/aromatic N) is 2. The number of hydrogen-bond donors (Lipinski definition) is 0. The Kier molecular flexibility index (Phi) is 5.41. The van der Waals surface area contributed by atoms with Crippen LogP contribution in [-0.4, -0.2) is 31.5 Å². The first-order valence-electron chi connectivity index (χ1n) is 8.35. The van der Waals surface area contributed by atoms with E-state index in [1.54, 1.807) is 43.3 Å². The highest BCUT2D eigenvalue weighted by Crippen LogP contribution is 2.27. The lowest BCUT2D eigenvalue weighted by Crippen LogP contribution is -2.15. The number of benzene rings is 2. The van der Waals surface area contributed by atoms with Crippen LogP contribution in [0.25, 0.3) is 11.3 Å². The zero-order chi connectivity index (χ0) is 20.3. The Hall–Kier alpha value is -3.26. The Morgan fingerprint density at radius 1 is 0.929 bits per heavy atom. The molecule has 0 aliphatic heterocycles. The third-order valence-electron chi connectivity index (χ3n) is 4.00. The Morgan fingerprint density at radius 2 is 1.57 bits per heavy atom. The summed E-state index contributed by atoms with van der Waals surface area (Å²) in [7, 11) is -2.87. The van der Waals surface area contributed by atoms with Gasteiger partial charge in [-0.1, -0.05) is 48.0 Å². The number of aryl methyl sites for hydroxylation is 2. The third kappa shape index (κ3) is 4.01. The van der Waals surface area contributed by atoms with Gasteiger partial charge in [-0.2, -0.15) is 18.4 Å². The summed E-state index contributed by atoms with van der Waals surface area (Å²) in [6.07, 6.45) is 0. The Bertz CT molecular complexity index is 1110. The number of carbonyl (C=O) groups excluding carboxylic acids is 1. The smallest absolute Gasteiger partial charge is 0.341 e. The first kappa shape index (κ1) is 19.5. The highest BCUT2D eigenvalue weighted by molar-refractivity contribution is 7.87. The van der Waals surface area contributed by atoms with Crippen molar-refractivity contribution in [1.29, 1.82) is 0 Å². The molecule has 8 heteroatoms. The van der Waals surface area contributed by atoms with Gasteiger partial charge in [-0.15, -0.1) is 0 Å². The second kappa shape index (κ2) is 7.77. The van der Waals surface area contributed by atoms with E-state index < -0.39 is 16.1 Å². The van der Waals surface area contributed by atoms with Crippen molar-refractivity contribution in [3.63, 3.8) is 0 Å². The maximum absolute atomic E-state index is 12.6. The molecule has 0 fully saturated rings. The summed E-state index contributed by atoms with van der Waals surface area (Å²) in [5, 5.41) is 0. The molecule has 0 spiro atoms. The molecule has 3 rings (SSSR count). The van der Waals surface area contributed by atoms with Gasteiger partial charge in [0.25, 0.3) is 0 Å². The predicted octanol–water partition coefficient (Wildman–Crippen LogP) is 3.31. The van der Waals surface area contributed by atoms with Crippen LogP contribution < -0.4 is 4.18 Å². The third-order valence-corrected chi connectivity index (χ3v) is 5.22. The van der Waals surface area contributed by atoms with E-state index >= 15 is 0 Å². The van der Waals surface area contributed by atoms with Crippen LogP contribution in [0.15, 0.2) is 59.5 Å². The molecule has 0 N–H and O–H groups in total. The Morgan fingerprint density at radius 3 is 2.18 bits per heavy atom. The van der Waals surface area contributed by atoms with Gasteiger partial charge in [-0.3, -0.25) is 0 Å².